The van der Waals surface area contributed by atoms with Crippen molar-refractivity contribution in [3.05, 3.63) is 35.9 Å². The van der Waals surface area contributed by atoms with Gasteiger partial charge < -0.3 is 10.4 Å². The van der Waals surface area contributed by atoms with Crippen LogP contribution < -0.4 is 5.32 Å². The normalized spacial score (nSPS) is 13.8. The molecule has 0 saturated heterocycles. The zero-order valence-electron chi connectivity index (χ0n) is 13.4. The van der Waals surface area contributed by atoms with Gasteiger partial charge in [-0.3, -0.25) is 4.79 Å². The summed E-state index contributed by atoms with van der Waals surface area (Å²) in [6.45, 7) is 3.94. The minimum absolute atomic E-state index is 0.558. The lowest BCUT2D eigenvalue weighted by Gasteiger charge is -2.24. The predicted molar refractivity (Wildman–Crippen MR) is 90.6 cm³/mol. The Morgan fingerprint density at radius 2 is 1.86 bits per heavy atom. The van der Waals surface area contributed by atoms with Crippen molar-refractivity contribution in [3.63, 3.8) is 0 Å². The standard InChI is InChI=1S/C17H28BNO2/c1-2-3-11-17(18,16(20)21)12-7-13-19-14-10-15-8-5-4-6-9-15/h4-6,8-9,19H,2-3,7,10-14,18H2,1H3,(H,20,21). The van der Waals surface area contributed by atoms with Crippen LogP contribution >= 0.6 is 0 Å². The molecule has 0 fully saturated rings. The molecule has 0 aliphatic rings. The summed E-state index contributed by atoms with van der Waals surface area (Å²) in [6, 6.07) is 10.4. The van der Waals surface area contributed by atoms with Crippen molar-refractivity contribution >= 4 is 13.8 Å². The van der Waals surface area contributed by atoms with Crippen LogP contribution in [0, 0.1) is 0 Å². The van der Waals surface area contributed by atoms with E-state index < -0.39 is 11.3 Å². The van der Waals surface area contributed by atoms with Crippen LogP contribution in [0.5, 0.6) is 0 Å². The third-order valence-electron chi connectivity index (χ3n) is 4.11. The van der Waals surface area contributed by atoms with Gasteiger partial charge in [0.15, 0.2) is 0 Å². The molecule has 1 atom stereocenters. The molecule has 0 aromatic heterocycles. The van der Waals surface area contributed by atoms with E-state index in [1.165, 1.54) is 5.56 Å². The molecule has 4 heteroatoms. The first-order valence-electron chi connectivity index (χ1n) is 8.06. The van der Waals surface area contributed by atoms with Crippen LogP contribution in [0.15, 0.2) is 30.3 Å². The minimum atomic E-state index is -0.653. The highest BCUT2D eigenvalue weighted by molar-refractivity contribution is 6.26. The summed E-state index contributed by atoms with van der Waals surface area (Å²) in [7, 11) is 1.88. The second kappa shape index (κ2) is 9.61. The number of unbranched alkanes of at least 4 members (excludes halogenated alkanes) is 1. The smallest absolute Gasteiger partial charge is 0.301 e. The van der Waals surface area contributed by atoms with Gasteiger partial charge in [0.25, 0.3) is 0 Å². The maximum absolute atomic E-state index is 11.4. The van der Waals surface area contributed by atoms with Gasteiger partial charge >= 0.3 is 5.97 Å². The molecule has 0 amide bonds. The Morgan fingerprint density at radius 1 is 1.19 bits per heavy atom. The first kappa shape index (κ1) is 17.8. The summed E-state index contributed by atoms with van der Waals surface area (Å²) < 4.78 is 0. The highest BCUT2D eigenvalue weighted by Crippen LogP contribution is 2.34. The summed E-state index contributed by atoms with van der Waals surface area (Å²) in [5.74, 6) is -0.653. The van der Waals surface area contributed by atoms with Crippen LogP contribution in [-0.2, 0) is 11.2 Å². The summed E-state index contributed by atoms with van der Waals surface area (Å²) in [4.78, 5) is 11.4. The lowest BCUT2D eigenvalue weighted by atomic mass is 9.63. The van der Waals surface area contributed by atoms with Gasteiger partial charge in [-0.05, 0) is 44.3 Å². The van der Waals surface area contributed by atoms with Gasteiger partial charge in [0.05, 0.1) is 0 Å². The van der Waals surface area contributed by atoms with E-state index in [1.54, 1.807) is 0 Å². The molecule has 21 heavy (non-hydrogen) atoms. The molecule has 3 nitrogen and oxygen atoms in total. The molecule has 1 aromatic carbocycles. The molecule has 116 valence electrons. The molecule has 2 N–H and O–H groups in total. The Kier molecular flexibility index (Phi) is 8.13. The lowest BCUT2D eigenvalue weighted by Crippen LogP contribution is -2.26. The van der Waals surface area contributed by atoms with Gasteiger partial charge in [-0.25, -0.2) is 0 Å². The number of benzene rings is 1. The Labute approximate surface area is 129 Å². The highest BCUT2D eigenvalue weighted by atomic mass is 16.4. The monoisotopic (exact) mass is 289 g/mol. The van der Waals surface area contributed by atoms with Gasteiger partial charge in [-0.2, -0.15) is 0 Å². The zero-order chi connectivity index (χ0) is 15.6. The Morgan fingerprint density at radius 3 is 2.48 bits per heavy atom. The SMILES string of the molecule is BC(CCCC)(CCCNCCc1ccccc1)C(=O)O. The number of aliphatic carboxylic acids is 1. The second-order valence-corrected chi connectivity index (χ2v) is 6.06. The predicted octanol–water partition coefficient (Wildman–Crippen LogP) is 2.67. The van der Waals surface area contributed by atoms with Crippen LogP contribution in [0.25, 0.3) is 0 Å². The van der Waals surface area contributed by atoms with E-state index in [9.17, 15) is 9.90 Å². The van der Waals surface area contributed by atoms with E-state index in [-0.39, 0.29) is 0 Å². The molecular formula is C17H28BNO2. The maximum atomic E-state index is 11.4. The van der Waals surface area contributed by atoms with Crippen LogP contribution in [0.3, 0.4) is 0 Å². The fraction of sp³-hybridized carbons (Fsp3) is 0.588. The van der Waals surface area contributed by atoms with Gasteiger partial charge in [0.2, 0.25) is 0 Å². The Balaban J connectivity index is 2.18. The molecule has 0 radical (unpaired) electrons. The number of carboxylic acid groups (broad SMARTS) is 1. The van der Waals surface area contributed by atoms with E-state index in [0.717, 1.165) is 51.6 Å². The molecule has 0 bridgehead atoms. The quantitative estimate of drug-likeness (QED) is 0.486. The maximum Gasteiger partial charge on any atom is 0.301 e. The average Bonchev–Trinajstić information content (AvgIpc) is 2.49. The van der Waals surface area contributed by atoms with Crippen molar-refractivity contribution in [1.82, 2.24) is 5.32 Å². The van der Waals surface area contributed by atoms with Crippen molar-refractivity contribution < 1.29 is 9.90 Å². The van der Waals surface area contributed by atoms with Crippen molar-refractivity contribution in [3.8, 4) is 0 Å². The number of carbonyl (C=O) groups is 1. The Hall–Kier alpha value is -1.29. The molecule has 0 saturated carbocycles. The molecule has 0 aliphatic heterocycles. The van der Waals surface area contributed by atoms with E-state index in [1.807, 2.05) is 13.9 Å². The van der Waals surface area contributed by atoms with E-state index in [0.29, 0.717) is 0 Å². The summed E-state index contributed by atoms with van der Waals surface area (Å²) in [5.41, 5.74) is 1.34. The van der Waals surface area contributed by atoms with Crippen molar-refractivity contribution in [1.29, 1.82) is 0 Å². The molecule has 0 spiro atoms. The van der Waals surface area contributed by atoms with E-state index in [4.69, 9.17) is 0 Å². The van der Waals surface area contributed by atoms with E-state index in [2.05, 4.69) is 36.5 Å². The van der Waals surface area contributed by atoms with Gasteiger partial charge in [-0.15, -0.1) is 0 Å². The largest absolute Gasteiger partial charge is 0.481 e. The van der Waals surface area contributed by atoms with Gasteiger partial charge in [0.1, 0.15) is 7.85 Å². The number of carboxylic acids is 1. The third-order valence-corrected chi connectivity index (χ3v) is 4.11. The van der Waals surface area contributed by atoms with Crippen molar-refractivity contribution in [2.24, 2.45) is 0 Å². The lowest BCUT2D eigenvalue weighted by molar-refractivity contribution is -0.141. The second-order valence-electron chi connectivity index (χ2n) is 6.06. The minimum Gasteiger partial charge on any atom is -0.481 e. The number of rotatable bonds is 11. The van der Waals surface area contributed by atoms with Crippen molar-refractivity contribution in [2.75, 3.05) is 13.1 Å². The van der Waals surface area contributed by atoms with Gasteiger partial charge in [-0.1, -0.05) is 50.1 Å². The zero-order valence-corrected chi connectivity index (χ0v) is 13.4. The molecule has 1 unspecified atom stereocenters. The topological polar surface area (TPSA) is 49.3 Å². The average molecular weight is 289 g/mol. The first-order valence-corrected chi connectivity index (χ1v) is 8.06. The van der Waals surface area contributed by atoms with E-state index >= 15 is 0 Å². The fourth-order valence-corrected chi connectivity index (χ4v) is 2.51. The summed E-state index contributed by atoms with van der Waals surface area (Å²) in [6.07, 6.45) is 5.51. The van der Waals surface area contributed by atoms with Crippen molar-refractivity contribution in [2.45, 2.75) is 50.8 Å². The summed E-state index contributed by atoms with van der Waals surface area (Å²) >= 11 is 0. The number of nitrogens with one attached hydrogen (secondary N) is 1. The molecular weight excluding hydrogens is 261 g/mol. The number of hydrogen-bond donors (Lipinski definition) is 2. The summed E-state index contributed by atoms with van der Waals surface area (Å²) in [5, 5.41) is 12.2. The Bertz CT molecular complexity index is 411. The van der Waals surface area contributed by atoms with Gasteiger partial charge in [0, 0.05) is 5.31 Å². The molecule has 0 aliphatic carbocycles. The van der Waals surface area contributed by atoms with Crippen LogP contribution in [0.2, 0.25) is 5.31 Å². The van der Waals surface area contributed by atoms with Crippen LogP contribution in [-0.4, -0.2) is 32.0 Å². The molecule has 0 heterocycles. The highest BCUT2D eigenvalue weighted by Gasteiger charge is 2.31. The third kappa shape index (κ3) is 6.81. The fourth-order valence-electron chi connectivity index (χ4n) is 2.51. The van der Waals surface area contributed by atoms with Crippen LogP contribution in [0.4, 0.5) is 0 Å². The first-order chi connectivity index (χ1) is 10.1. The number of hydrogen-bond acceptors (Lipinski definition) is 2. The molecule has 1 aromatic rings. The molecule has 1 rings (SSSR count). The van der Waals surface area contributed by atoms with Crippen LogP contribution in [0.1, 0.15) is 44.6 Å².